The van der Waals surface area contributed by atoms with E-state index in [9.17, 15) is 0 Å². The lowest BCUT2D eigenvalue weighted by Gasteiger charge is -2.31. The van der Waals surface area contributed by atoms with Crippen molar-refractivity contribution in [1.82, 2.24) is 4.90 Å². The molecular weight excluding hydrogens is 234 g/mol. The van der Waals surface area contributed by atoms with E-state index in [1.54, 1.807) is 0 Å². The second kappa shape index (κ2) is 5.93. The molecule has 0 radical (unpaired) electrons. The Hall–Kier alpha value is -1.06. The molecule has 1 saturated heterocycles. The molecule has 2 unspecified atom stereocenters. The Morgan fingerprint density at radius 3 is 2.37 bits per heavy atom. The number of benzene rings is 1. The predicted octanol–water partition coefficient (Wildman–Crippen LogP) is 2.48. The van der Waals surface area contributed by atoms with Gasteiger partial charge in [0.05, 0.1) is 0 Å². The molecule has 1 aromatic carbocycles. The molecule has 0 aromatic heterocycles. The minimum absolute atomic E-state index is 0.487. The molecule has 1 aliphatic heterocycles. The van der Waals surface area contributed by atoms with Gasteiger partial charge >= 0.3 is 0 Å². The Bertz CT molecular complexity index is 397. The van der Waals surface area contributed by atoms with E-state index < -0.39 is 0 Å². The van der Waals surface area contributed by atoms with Crippen LogP contribution in [0.15, 0.2) is 24.3 Å². The van der Waals surface area contributed by atoms with Crippen LogP contribution in [0.5, 0.6) is 0 Å². The highest BCUT2D eigenvalue weighted by atomic mass is 15.2. The Labute approximate surface area is 117 Å². The standard InChI is InChI=1S/C16H27N3/c1-12(2)19-10-9-14(11-17)16(19)13-5-7-15(8-6-13)18(3)4/h5-8,12,14,16H,9-11,17H2,1-4H3. The molecule has 0 bridgehead atoms. The molecule has 1 aromatic rings. The molecule has 0 amide bonds. The third kappa shape index (κ3) is 2.93. The predicted molar refractivity (Wildman–Crippen MR) is 82.5 cm³/mol. The molecule has 3 nitrogen and oxygen atoms in total. The van der Waals surface area contributed by atoms with Gasteiger partial charge in [-0.25, -0.2) is 0 Å². The minimum Gasteiger partial charge on any atom is -0.378 e. The lowest BCUT2D eigenvalue weighted by molar-refractivity contribution is 0.184. The zero-order chi connectivity index (χ0) is 14.0. The molecule has 1 heterocycles. The molecule has 2 N–H and O–H groups in total. The Morgan fingerprint density at radius 1 is 1.26 bits per heavy atom. The summed E-state index contributed by atoms with van der Waals surface area (Å²) in [4.78, 5) is 4.72. The monoisotopic (exact) mass is 261 g/mol. The number of likely N-dealkylation sites (tertiary alicyclic amines) is 1. The number of rotatable bonds is 4. The summed E-state index contributed by atoms with van der Waals surface area (Å²) in [5.41, 5.74) is 8.63. The smallest absolute Gasteiger partial charge is 0.0391 e. The van der Waals surface area contributed by atoms with Crippen molar-refractivity contribution >= 4 is 5.69 Å². The molecule has 3 heteroatoms. The van der Waals surface area contributed by atoms with E-state index in [4.69, 9.17) is 5.73 Å². The largest absolute Gasteiger partial charge is 0.378 e. The summed E-state index contributed by atoms with van der Waals surface area (Å²) in [6.07, 6.45) is 1.22. The molecule has 0 spiro atoms. The zero-order valence-electron chi connectivity index (χ0n) is 12.6. The van der Waals surface area contributed by atoms with Crippen LogP contribution in [0.4, 0.5) is 5.69 Å². The van der Waals surface area contributed by atoms with E-state index in [1.807, 2.05) is 0 Å². The molecule has 1 fully saturated rings. The fourth-order valence-electron chi connectivity index (χ4n) is 3.14. The summed E-state index contributed by atoms with van der Waals surface area (Å²) < 4.78 is 0. The van der Waals surface area contributed by atoms with Crippen LogP contribution in [0.25, 0.3) is 0 Å². The molecule has 2 rings (SSSR count). The number of nitrogens with two attached hydrogens (primary N) is 1. The van der Waals surface area contributed by atoms with Gasteiger partial charge in [-0.3, -0.25) is 4.90 Å². The van der Waals surface area contributed by atoms with E-state index >= 15 is 0 Å². The third-order valence-corrected chi connectivity index (χ3v) is 4.28. The van der Waals surface area contributed by atoms with Crippen molar-refractivity contribution < 1.29 is 0 Å². The number of hydrogen-bond acceptors (Lipinski definition) is 3. The van der Waals surface area contributed by atoms with Gasteiger partial charge in [0.2, 0.25) is 0 Å². The highest BCUT2D eigenvalue weighted by molar-refractivity contribution is 5.46. The molecular formula is C16H27N3. The fraction of sp³-hybridized carbons (Fsp3) is 0.625. The van der Waals surface area contributed by atoms with Crippen LogP contribution in [0.1, 0.15) is 31.9 Å². The number of nitrogens with zero attached hydrogens (tertiary/aromatic N) is 2. The summed E-state index contributed by atoms with van der Waals surface area (Å²) in [5, 5.41) is 0. The third-order valence-electron chi connectivity index (χ3n) is 4.28. The zero-order valence-corrected chi connectivity index (χ0v) is 12.6. The van der Waals surface area contributed by atoms with Crippen LogP contribution in [-0.4, -0.2) is 38.1 Å². The van der Waals surface area contributed by atoms with Crippen molar-refractivity contribution in [2.24, 2.45) is 11.7 Å². The number of hydrogen-bond donors (Lipinski definition) is 1. The summed E-state index contributed by atoms with van der Waals surface area (Å²) in [6.45, 7) is 6.50. The highest BCUT2D eigenvalue weighted by Gasteiger charge is 2.35. The van der Waals surface area contributed by atoms with Crippen LogP contribution in [0.3, 0.4) is 0 Å². The fourth-order valence-corrected chi connectivity index (χ4v) is 3.14. The van der Waals surface area contributed by atoms with Crippen LogP contribution in [0, 0.1) is 5.92 Å². The van der Waals surface area contributed by atoms with Crippen LogP contribution < -0.4 is 10.6 Å². The van der Waals surface area contributed by atoms with E-state index in [0.717, 1.165) is 6.54 Å². The summed E-state index contributed by atoms with van der Waals surface area (Å²) in [6, 6.07) is 10.0. The van der Waals surface area contributed by atoms with Crippen LogP contribution in [0.2, 0.25) is 0 Å². The second-order valence-corrected chi connectivity index (χ2v) is 6.05. The van der Waals surface area contributed by atoms with Crippen molar-refractivity contribution in [3.8, 4) is 0 Å². The lowest BCUT2D eigenvalue weighted by atomic mass is 9.93. The average molecular weight is 261 g/mol. The Balaban J connectivity index is 2.25. The maximum absolute atomic E-state index is 5.97. The van der Waals surface area contributed by atoms with Gasteiger partial charge in [-0.05, 0) is 57.0 Å². The molecule has 0 aliphatic carbocycles. The van der Waals surface area contributed by atoms with E-state index in [-0.39, 0.29) is 0 Å². The van der Waals surface area contributed by atoms with Gasteiger partial charge < -0.3 is 10.6 Å². The van der Waals surface area contributed by atoms with Crippen molar-refractivity contribution in [1.29, 1.82) is 0 Å². The van der Waals surface area contributed by atoms with Crippen molar-refractivity contribution in [2.75, 3.05) is 32.1 Å². The van der Waals surface area contributed by atoms with Gasteiger partial charge in [0, 0.05) is 31.9 Å². The summed E-state index contributed by atoms with van der Waals surface area (Å²) in [7, 11) is 4.15. The van der Waals surface area contributed by atoms with Gasteiger partial charge in [0.15, 0.2) is 0 Å². The van der Waals surface area contributed by atoms with E-state index in [0.29, 0.717) is 18.0 Å². The average Bonchev–Trinajstić information content (AvgIpc) is 2.82. The SMILES string of the molecule is CC(C)N1CCC(CN)C1c1ccc(N(C)C)cc1. The van der Waals surface area contributed by atoms with Crippen molar-refractivity contribution in [2.45, 2.75) is 32.4 Å². The van der Waals surface area contributed by atoms with E-state index in [2.05, 4.69) is 62.0 Å². The van der Waals surface area contributed by atoms with Gasteiger partial charge in [0.1, 0.15) is 0 Å². The molecule has 1 aliphatic rings. The normalized spacial score (nSPS) is 24.1. The maximum Gasteiger partial charge on any atom is 0.0391 e. The Morgan fingerprint density at radius 2 is 1.89 bits per heavy atom. The summed E-state index contributed by atoms with van der Waals surface area (Å²) >= 11 is 0. The molecule has 106 valence electrons. The van der Waals surface area contributed by atoms with Gasteiger partial charge in [0.25, 0.3) is 0 Å². The van der Waals surface area contributed by atoms with Crippen molar-refractivity contribution in [3.05, 3.63) is 29.8 Å². The first-order valence-corrected chi connectivity index (χ1v) is 7.27. The maximum atomic E-state index is 5.97. The summed E-state index contributed by atoms with van der Waals surface area (Å²) in [5.74, 6) is 0.590. The first-order valence-electron chi connectivity index (χ1n) is 7.27. The first kappa shape index (κ1) is 14.4. The van der Waals surface area contributed by atoms with Gasteiger partial charge in [-0.2, -0.15) is 0 Å². The van der Waals surface area contributed by atoms with Crippen LogP contribution in [-0.2, 0) is 0 Å². The molecule has 0 saturated carbocycles. The Kier molecular flexibility index (Phi) is 4.48. The number of anilines is 1. The van der Waals surface area contributed by atoms with Crippen molar-refractivity contribution in [3.63, 3.8) is 0 Å². The topological polar surface area (TPSA) is 32.5 Å². The molecule has 2 atom stereocenters. The second-order valence-electron chi connectivity index (χ2n) is 6.05. The lowest BCUT2D eigenvalue weighted by Crippen LogP contribution is -2.33. The van der Waals surface area contributed by atoms with E-state index in [1.165, 1.54) is 24.2 Å². The highest BCUT2D eigenvalue weighted by Crippen LogP contribution is 2.38. The first-order chi connectivity index (χ1) is 9.04. The van der Waals surface area contributed by atoms with Gasteiger partial charge in [-0.1, -0.05) is 12.1 Å². The quantitative estimate of drug-likeness (QED) is 0.904. The molecule has 19 heavy (non-hydrogen) atoms. The minimum atomic E-state index is 0.487. The van der Waals surface area contributed by atoms with Crippen LogP contribution >= 0.6 is 0 Å². The van der Waals surface area contributed by atoms with Gasteiger partial charge in [-0.15, -0.1) is 0 Å².